The molecule has 1 N–H and O–H groups in total. The number of fused-ring (bicyclic) bond motifs is 1. The highest BCUT2D eigenvalue weighted by Crippen LogP contribution is 2.30. The predicted molar refractivity (Wildman–Crippen MR) is 121 cm³/mol. The molecule has 2 aliphatic rings. The van der Waals surface area contributed by atoms with E-state index in [2.05, 4.69) is 10.3 Å². The molecule has 4 rings (SSSR count). The van der Waals surface area contributed by atoms with Crippen LogP contribution in [0, 0.1) is 0 Å². The van der Waals surface area contributed by atoms with E-state index in [0.29, 0.717) is 36.8 Å². The summed E-state index contributed by atoms with van der Waals surface area (Å²) in [5.74, 6) is -0.404. The zero-order chi connectivity index (χ0) is 23.1. The highest BCUT2D eigenvalue weighted by molar-refractivity contribution is 7.89. The minimum Gasteiger partial charge on any atom is -0.298 e. The van der Waals surface area contributed by atoms with Crippen molar-refractivity contribution in [1.29, 1.82) is 0 Å². The zero-order valence-corrected chi connectivity index (χ0v) is 20.3. The molecule has 10 nitrogen and oxygen atoms in total. The molecule has 2 aromatic rings. The van der Waals surface area contributed by atoms with Gasteiger partial charge in [0.15, 0.2) is 5.13 Å². The number of anilines is 1. The molecule has 32 heavy (non-hydrogen) atoms. The van der Waals surface area contributed by atoms with Crippen molar-refractivity contribution < 1.29 is 21.6 Å². The second-order valence-electron chi connectivity index (χ2n) is 7.85. The van der Waals surface area contributed by atoms with Crippen LogP contribution in [0.3, 0.4) is 0 Å². The van der Waals surface area contributed by atoms with Gasteiger partial charge in [-0.05, 0) is 37.1 Å². The van der Waals surface area contributed by atoms with Crippen molar-refractivity contribution >= 4 is 42.6 Å². The zero-order valence-electron chi connectivity index (χ0n) is 17.8. The Labute approximate surface area is 192 Å². The Hall–Kier alpha value is -1.90. The first kappa shape index (κ1) is 23.3. The summed E-state index contributed by atoms with van der Waals surface area (Å²) in [4.78, 5) is 18.0. The fourth-order valence-electron chi connectivity index (χ4n) is 3.68. The molecular weight excluding hydrogens is 474 g/mol. The van der Waals surface area contributed by atoms with Crippen molar-refractivity contribution in [3.05, 3.63) is 40.4 Å². The Kier molecular flexibility index (Phi) is 6.40. The van der Waals surface area contributed by atoms with Gasteiger partial charge < -0.3 is 0 Å². The number of hydrogen-bond donors (Lipinski definition) is 1. The lowest BCUT2D eigenvalue weighted by atomic mass is 10.2. The van der Waals surface area contributed by atoms with Gasteiger partial charge in [-0.25, -0.2) is 13.4 Å². The van der Waals surface area contributed by atoms with E-state index in [1.807, 2.05) is 0 Å². The van der Waals surface area contributed by atoms with Gasteiger partial charge in [-0.15, -0.1) is 11.3 Å². The number of rotatable bonds is 6. The number of carbonyl (C=O) groups excluding carboxylic acids is 1. The summed E-state index contributed by atoms with van der Waals surface area (Å²) in [6, 6.07) is 5.85. The summed E-state index contributed by atoms with van der Waals surface area (Å²) < 4.78 is 54.0. The van der Waals surface area contributed by atoms with E-state index < -0.39 is 26.1 Å². The van der Waals surface area contributed by atoms with Crippen LogP contribution in [0.25, 0.3) is 0 Å². The monoisotopic (exact) mass is 499 g/mol. The molecule has 0 radical (unpaired) electrons. The van der Waals surface area contributed by atoms with Gasteiger partial charge in [0, 0.05) is 50.6 Å². The number of amides is 1. The molecule has 1 saturated heterocycles. The highest BCUT2D eigenvalue weighted by atomic mass is 32.2. The maximum Gasteiger partial charge on any atom is 0.281 e. The van der Waals surface area contributed by atoms with E-state index in [9.17, 15) is 21.6 Å². The second-order valence-corrected chi connectivity index (χ2v) is 13.0. The van der Waals surface area contributed by atoms with Crippen LogP contribution in [0.5, 0.6) is 0 Å². The largest absolute Gasteiger partial charge is 0.298 e. The van der Waals surface area contributed by atoms with Gasteiger partial charge in [0.2, 0.25) is 10.0 Å². The van der Waals surface area contributed by atoms with Crippen LogP contribution in [0.2, 0.25) is 0 Å². The quantitative estimate of drug-likeness (QED) is 0.641. The van der Waals surface area contributed by atoms with Gasteiger partial charge in [-0.1, -0.05) is 0 Å². The van der Waals surface area contributed by atoms with Gasteiger partial charge in [-0.3, -0.25) is 10.1 Å². The average molecular weight is 500 g/mol. The Morgan fingerprint density at radius 3 is 2.31 bits per heavy atom. The molecule has 2 aliphatic heterocycles. The summed E-state index contributed by atoms with van der Waals surface area (Å²) in [6.45, 7) is 1.59. The summed E-state index contributed by atoms with van der Waals surface area (Å²) >= 11 is 1.24. The summed E-state index contributed by atoms with van der Waals surface area (Å²) in [6.07, 6.45) is 2.19. The van der Waals surface area contributed by atoms with Crippen molar-refractivity contribution in [2.24, 2.45) is 0 Å². The third-order valence-electron chi connectivity index (χ3n) is 5.52. The Bertz CT molecular complexity index is 1220. The van der Waals surface area contributed by atoms with Crippen molar-refractivity contribution in [3.8, 4) is 0 Å². The highest BCUT2D eigenvalue weighted by Gasteiger charge is 2.31. The number of carbonyl (C=O) groups is 1. The fraction of sp³-hybridized carbons (Fsp3) is 0.474. The SMILES string of the molecule is CN(C)S(=O)(=O)N1CCc2nc(NC(=O)c3ccc(S(=O)(=O)N4CCCC4)cc3)sc2C1. The number of nitrogens with one attached hydrogen (secondary N) is 1. The minimum absolute atomic E-state index is 0.169. The third-order valence-corrected chi connectivity index (χ3v) is 10.3. The lowest BCUT2D eigenvalue weighted by Crippen LogP contribution is -2.42. The van der Waals surface area contributed by atoms with Gasteiger partial charge in [0.1, 0.15) is 0 Å². The summed E-state index contributed by atoms with van der Waals surface area (Å²) in [7, 11) is -4.07. The molecule has 0 saturated carbocycles. The Morgan fingerprint density at radius 1 is 1.03 bits per heavy atom. The number of aromatic nitrogens is 1. The molecule has 0 aliphatic carbocycles. The van der Waals surface area contributed by atoms with Gasteiger partial charge in [0.05, 0.1) is 17.1 Å². The van der Waals surface area contributed by atoms with Crippen LogP contribution in [0.4, 0.5) is 5.13 Å². The molecule has 174 valence electrons. The minimum atomic E-state index is -3.53. The summed E-state index contributed by atoms with van der Waals surface area (Å²) in [5.41, 5.74) is 1.10. The lowest BCUT2D eigenvalue weighted by Gasteiger charge is -2.27. The number of thiazole rings is 1. The first-order valence-corrected chi connectivity index (χ1v) is 13.8. The molecule has 13 heteroatoms. The van der Waals surface area contributed by atoms with Crippen LogP contribution in [-0.4, -0.2) is 74.4 Å². The number of nitrogens with zero attached hydrogens (tertiary/aromatic N) is 4. The van der Waals surface area contributed by atoms with E-state index in [4.69, 9.17) is 0 Å². The molecular formula is C19H25N5O5S3. The molecule has 1 aromatic heterocycles. The number of benzene rings is 1. The van der Waals surface area contributed by atoms with Crippen molar-refractivity contribution in [2.45, 2.75) is 30.7 Å². The van der Waals surface area contributed by atoms with Crippen LogP contribution in [0.1, 0.15) is 33.8 Å². The van der Waals surface area contributed by atoms with Crippen LogP contribution >= 0.6 is 11.3 Å². The molecule has 1 aromatic carbocycles. The molecule has 1 fully saturated rings. The molecule has 0 atom stereocenters. The molecule has 0 spiro atoms. The van der Waals surface area contributed by atoms with Gasteiger partial charge >= 0.3 is 0 Å². The van der Waals surface area contributed by atoms with Crippen LogP contribution in [-0.2, 0) is 33.2 Å². The van der Waals surface area contributed by atoms with Crippen molar-refractivity contribution in [1.82, 2.24) is 17.9 Å². The second kappa shape index (κ2) is 8.80. The normalized spacial score (nSPS) is 18.1. The standard InChI is InChI=1S/C19H25N5O5S3/c1-22(2)32(28,29)24-12-9-16-17(13-24)30-19(20-16)21-18(25)14-5-7-15(8-6-14)31(26,27)23-10-3-4-11-23/h5-8H,3-4,9-13H2,1-2H3,(H,20,21,25). The predicted octanol–water partition coefficient (Wildman–Crippen LogP) is 1.34. The van der Waals surface area contributed by atoms with Crippen LogP contribution in [0.15, 0.2) is 29.2 Å². The van der Waals surface area contributed by atoms with Gasteiger partial charge in [-0.2, -0.15) is 21.3 Å². The average Bonchev–Trinajstić information content (AvgIpc) is 3.43. The molecule has 0 unspecified atom stereocenters. The topological polar surface area (TPSA) is 120 Å². The Balaban J connectivity index is 1.45. The molecule has 3 heterocycles. The smallest absolute Gasteiger partial charge is 0.281 e. The number of sulfonamides is 1. The van der Waals surface area contributed by atoms with E-state index in [1.165, 1.54) is 62.6 Å². The first-order chi connectivity index (χ1) is 15.1. The molecule has 1 amide bonds. The third kappa shape index (κ3) is 4.45. The van der Waals surface area contributed by atoms with Gasteiger partial charge in [0.25, 0.3) is 16.1 Å². The lowest BCUT2D eigenvalue weighted by molar-refractivity contribution is 0.102. The first-order valence-electron chi connectivity index (χ1n) is 10.2. The van der Waals surface area contributed by atoms with Crippen LogP contribution < -0.4 is 5.32 Å². The summed E-state index contributed by atoms with van der Waals surface area (Å²) in [5, 5.41) is 3.12. The van der Waals surface area contributed by atoms with E-state index in [1.54, 1.807) is 0 Å². The van der Waals surface area contributed by atoms with E-state index in [0.717, 1.165) is 23.4 Å². The Morgan fingerprint density at radius 2 is 1.69 bits per heavy atom. The fourth-order valence-corrected chi connectivity index (χ4v) is 7.37. The van der Waals surface area contributed by atoms with E-state index in [-0.39, 0.29) is 11.4 Å². The van der Waals surface area contributed by atoms with Crippen molar-refractivity contribution in [3.63, 3.8) is 0 Å². The van der Waals surface area contributed by atoms with E-state index >= 15 is 0 Å². The maximum absolute atomic E-state index is 12.6. The number of hydrogen-bond acceptors (Lipinski definition) is 7. The van der Waals surface area contributed by atoms with Crippen molar-refractivity contribution in [2.75, 3.05) is 39.0 Å². The maximum atomic E-state index is 12.6. The molecule has 0 bridgehead atoms.